The van der Waals surface area contributed by atoms with Crippen LogP contribution in [0.5, 0.6) is 0 Å². The van der Waals surface area contributed by atoms with Crippen molar-refractivity contribution in [3.8, 4) is 6.07 Å². The fourth-order valence-electron chi connectivity index (χ4n) is 3.23. The van der Waals surface area contributed by atoms with E-state index in [-0.39, 0.29) is 5.91 Å². The van der Waals surface area contributed by atoms with Gasteiger partial charge in [-0.25, -0.2) is 0 Å². The van der Waals surface area contributed by atoms with Gasteiger partial charge in [0.1, 0.15) is 11.8 Å². The van der Waals surface area contributed by atoms with Gasteiger partial charge in [0, 0.05) is 44.8 Å². The number of likely N-dealkylation sites (tertiary alicyclic amines) is 1. The number of carbonyl (C=O) groups excluding carboxylic acids is 1. The van der Waals surface area contributed by atoms with Gasteiger partial charge < -0.3 is 14.8 Å². The molecule has 1 saturated heterocycles. The number of carbonyl (C=O) groups is 1. The maximum Gasteiger partial charge on any atom is 0.270 e. The van der Waals surface area contributed by atoms with Gasteiger partial charge >= 0.3 is 0 Å². The van der Waals surface area contributed by atoms with Gasteiger partial charge in [0.25, 0.3) is 5.91 Å². The van der Waals surface area contributed by atoms with Crippen LogP contribution in [-0.2, 0) is 6.54 Å². The Kier molecular flexibility index (Phi) is 4.92. The number of aromatic amines is 1. The Morgan fingerprint density at radius 3 is 3.17 bits per heavy atom. The zero-order valence-electron chi connectivity index (χ0n) is 13.8. The molecule has 1 fully saturated rings. The molecule has 3 rings (SSSR count). The highest BCUT2D eigenvalue weighted by atomic mass is 16.2. The van der Waals surface area contributed by atoms with Gasteiger partial charge in [0.15, 0.2) is 0 Å². The lowest BCUT2D eigenvalue weighted by molar-refractivity contribution is 0.0779. The second-order valence-electron chi connectivity index (χ2n) is 6.38. The number of hydrogen-bond acceptors (Lipinski definition) is 4. The van der Waals surface area contributed by atoms with Crippen LogP contribution >= 0.6 is 0 Å². The summed E-state index contributed by atoms with van der Waals surface area (Å²) in [6.07, 6.45) is 6.25. The fourth-order valence-corrected chi connectivity index (χ4v) is 3.23. The Morgan fingerprint density at radius 2 is 2.46 bits per heavy atom. The van der Waals surface area contributed by atoms with Crippen molar-refractivity contribution >= 4 is 5.91 Å². The quantitative estimate of drug-likeness (QED) is 0.911. The first-order valence-corrected chi connectivity index (χ1v) is 8.11. The Morgan fingerprint density at radius 1 is 1.58 bits per heavy atom. The predicted octanol–water partition coefficient (Wildman–Crippen LogP) is 1.88. The van der Waals surface area contributed by atoms with Gasteiger partial charge in [0.2, 0.25) is 0 Å². The summed E-state index contributed by atoms with van der Waals surface area (Å²) in [7, 11) is 2.10. The minimum atomic E-state index is -0.0195. The molecule has 0 unspecified atom stereocenters. The molecule has 0 aromatic carbocycles. The number of nitrogens with zero attached hydrogens (tertiary/aromatic N) is 4. The number of rotatable bonds is 5. The third kappa shape index (κ3) is 3.81. The van der Waals surface area contributed by atoms with E-state index in [0.717, 1.165) is 32.6 Å². The van der Waals surface area contributed by atoms with E-state index < -0.39 is 0 Å². The summed E-state index contributed by atoms with van der Waals surface area (Å²) >= 11 is 0. The summed E-state index contributed by atoms with van der Waals surface area (Å²) in [5.41, 5.74) is 2.18. The molecule has 1 amide bonds. The average Bonchev–Trinajstić information content (AvgIpc) is 3.24. The second kappa shape index (κ2) is 7.28. The third-order valence-corrected chi connectivity index (χ3v) is 4.36. The molecular formula is C18H21N5O. The average molecular weight is 323 g/mol. The smallest absolute Gasteiger partial charge is 0.270 e. The summed E-state index contributed by atoms with van der Waals surface area (Å²) < 4.78 is 0. The molecule has 6 heteroatoms. The Balaban J connectivity index is 1.51. The molecule has 2 aromatic rings. The lowest BCUT2D eigenvalue weighted by Crippen LogP contribution is -2.31. The molecule has 124 valence electrons. The number of hydrogen-bond donors (Lipinski definition) is 1. The molecule has 3 heterocycles. The number of amides is 1. The zero-order chi connectivity index (χ0) is 16.9. The van der Waals surface area contributed by atoms with Crippen molar-refractivity contribution in [1.29, 1.82) is 5.26 Å². The van der Waals surface area contributed by atoms with Crippen molar-refractivity contribution in [1.82, 2.24) is 19.8 Å². The van der Waals surface area contributed by atoms with Crippen LogP contribution in [0, 0.1) is 17.2 Å². The largest absolute Gasteiger partial charge is 0.356 e. The van der Waals surface area contributed by atoms with Crippen LogP contribution in [0.15, 0.2) is 36.8 Å². The normalized spacial score (nSPS) is 17.2. The topological polar surface area (TPSA) is 76.0 Å². The molecule has 1 atom stereocenters. The molecule has 0 bridgehead atoms. The van der Waals surface area contributed by atoms with Crippen LogP contribution in [0.4, 0.5) is 0 Å². The minimum Gasteiger partial charge on any atom is -0.356 e. The lowest BCUT2D eigenvalue weighted by Gasteiger charge is -2.21. The predicted molar refractivity (Wildman–Crippen MR) is 90.1 cm³/mol. The van der Waals surface area contributed by atoms with Gasteiger partial charge in [-0.05, 0) is 37.1 Å². The molecule has 0 radical (unpaired) electrons. The molecule has 0 saturated carbocycles. The molecule has 2 aromatic heterocycles. The standard InChI is InChI=1S/C18H21N5O/c1-22(11-14-3-2-5-20-9-14)12-15-4-6-23(13-15)18(24)17-7-16(8-19)10-21-17/h2-3,5,7,9-10,15,21H,4,6,11-13H2,1H3/t15-/m1/s1. The van der Waals surface area contributed by atoms with E-state index in [4.69, 9.17) is 5.26 Å². The van der Waals surface area contributed by atoms with Crippen LogP contribution in [0.25, 0.3) is 0 Å². The molecule has 0 aliphatic carbocycles. The highest BCUT2D eigenvalue weighted by Gasteiger charge is 2.28. The lowest BCUT2D eigenvalue weighted by atomic mass is 10.1. The first-order valence-electron chi connectivity index (χ1n) is 8.11. The maximum absolute atomic E-state index is 12.5. The second-order valence-corrected chi connectivity index (χ2v) is 6.38. The molecule has 24 heavy (non-hydrogen) atoms. The van der Waals surface area contributed by atoms with Crippen molar-refractivity contribution in [2.45, 2.75) is 13.0 Å². The van der Waals surface area contributed by atoms with E-state index in [1.165, 1.54) is 5.56 Å². The van der Waals surface area contributed by atoms with Crippen molar-refractivity contribution in [2.75, 3.05) is 26.7 Å². The molecule has 1 aliphatic rings. The van der Waals surface area contributed by atoms with Crippen molar-refractivity contribution in [2.24, 2.45) is 5.92 Å². The van der Waals surface area contributed by atoms with E-state index in [2.05, 4.69) is 28.0 Å². The summed E-state index contributed by atoms with van der Waals surface area (Å²) in [4.78, 5) is 23.6. The summed E-state index contributed by atoms with van der Waals surface area (Å²) in [6, 6.07) is 7.68. The molecule has 1 N–H and O–H groups in total. The van der Waals surface area contributed by atoms with E-state index in [1.54, 1.807) is 18.5 Å². The van der Waals surface area contributed by atoms with Gasteiger partial charge in [-0.15, -0.1) is 0 Å². The Hall–Kier alpha value is -2.65. The molecule has 0 spiro atoms. The molecule has 6 nitrogen and oxygen atoms in total. The monoisotopic (exact) mass is 323 g/mol. The van der Waals surface area contributed by atoms with Gasteiger partial charge in [-0.1, -0.05) is 6.07 Å². The summed E-state index contributed by atoms with van der Waals surface area (Å²) in [5.74, 6) is 0.454. The minimum absolute atomic E-state index is 0.0195. The molecular weight excluding hydrogens is 302 g/mol. The Bertz CT molecular complexity index is 733. The number of nitrogens with one attached hydrogen (secondary N) is 1. The van der Waals surface area contributed by atoms with E-state index in [1.807, 2.05) is 23.2 Å². The van der Waals surface area contributed by atoms with Crippen LogP contribution in [0.1, 0.15) is 28.0 Å². The zero-order valence-corrected chi connectivity index (χ0v) is 13.8. The van der Waals surface area contributed by atoms with Crippen LogP contribution in [0.2, 0.25) is 0 Å². The van der Waals surface area contributed by atoms with Gasteiger partial charge in [-0.2, -0.15) is 5.26 Å². The summed E-state index contributed by atoms with van der Waals surface area (Å²) in [5, 5.41) is 8.86. The van der Waals surface area contributed by atoms with Crippen molar-refractivity contribution in [3.05, 3.63) is 53.6 Å². The number of aromatic nitrogens is 2. The molecule has 1 aliphatic heterocycles. The SMILES string of the molecule is CN(Cc1cccnc1)C[C@H]1CCN(C(=O)c2cc(C#N)c[nH]2)C1. The highest BCUT2D eigenvalue weighted by molar-refractivity contribution is 5.93. The van der Waals surface area contributed by atoms with Crippen molar-refractivity contribution < 1.29 is 4.79 Å². The van der Waals surface area contributed by atoms with Gasteiger partial charge in [0.05, 0.1) is 5.56 Å². The number of H-pyrrole nitrogens is 1. The first-order chi connectivity index (χ1) is 11.7. The van der Waals surface area contributed by atoms with E-state index in [0.29, 0.717) is 17.2 Å². The third-order valence-electron chi connectivity index (χ3n) is 4.36. The van der Waals surface area contributed by atoms with Crippen LogP contribution < -0.4 is 0 Å². The van der Waals surface area contributed by atoms with E-state index in [9.17, 15) is 4.79 Å². The number of pyridine rings is 1. The maximum atomic E-state index is 12.5. The van der Waals surface area contributed by atoms with Crippen molar-refractivity contribution in [3.63, 3.8) is 0 Å². The first kappa shape index (κ1) is 16.2. The highest BCUT2D eigenvalue weighted by Crippen LogP contribution is 2.20. The van der Waals surface area contributed by atoms with Crippen LogP contribution in [-0.4, -0.2) is 52.4 Å². The summed E-state index contributed by atoms with van der Waals surface area (Å²) in [6.45, 7) is 3.34. The van der Waals surface area contributed by atoms with Gasteiger partial charge in [-0.3, -0.25) is 9.78 Å². The van der Waals surface area contributed by atoms with E-state index >= 15 is 0 Å². The fraction of sp³-hybridized carbons (Fsp3) is 0.389. The van der Waals surface area contributed by atoms with Crippen LogP contribution in [0.3, 0.4) is 0 Å². The Labute approximate surface area is 141 Å². The number of nitriles is 1.